The molecule has 0 heterocycles. The Kier molecular flexibility index (Phi) is 7.35. The zero-order valence-electron chi connectivity index (χ0n) is 7.25. The number of rotatable bonds is 5. The van der Waals surface area contributed by atoms with Crippen LogP contribution in [-0.4, -0.2) is 24.8 Å². The summed E-state index contributed by atoms with van der Waals surface area (Å²) in [5, 5.41) is 8.39. The summed E-state index contributed by atoms with van der Waals surface area (Å²) in [4.78, 5) is 10.6. The van der Waals surface area contributed by atoms with Crippen LogP contribution >= 0.6 is 0 Å². The lowest BCUT2D eigenvalue weighted by Gasteiger charge is -1.92. The summed E-state index contributed by atoms with van der Waals surface area (Å²) in [7, 11) is 1.37. The summed E-state index contributed by atoms with van der Waals surface area (Å²) >= 11 is 0. The van der Waals surface area contributed by atoms with Gasteiger partial charge in [0.1, 0.15) is 0 Å². The van der Waals surface area contributed by atoms with Crippen molar-refractivity contribution in [2.45, 2.75) is 19.3 Å². The highest BCUT2D eigenvalue weighted by atomic mass is 16.5. The molecule has 0 atom stereocenters. The van der Waals surface area contributed by atoms with E-state index in [1.165, 1.54) is 7.11 Å². The quantitative estimate of drug-likeness (QED) is 0.495. The van der Waals surface area contributed by atoms with Crippen LogP contribution in [0.4, 0.5) is 0 Å². The topological polar surface area (TPSA) is 46.5 Å². The van der Waals surface area contributed by atoms with Crippen LogP contribution < -0.4 is 0 Å². The van der Waals surface area contributed by atoms with Gasteiger partial charge in [0.15, 0.2) is 0 Å². The van der Waals surface area contributed by atoms with E-state index in [-0.39, 0.29) is 12.6 Å². The predicted octanol–water partition coefficient (Wildman–Crippen LogP) is 1.03. The van der Waals surface area contributed by atoms with Crippen LogP contribution in [0.5, 0.6) is 0 Å². The molecule has 0 fully saturated rings. The number of esters is 1. The van der Waals surface area contributed by atoms with Crippen LogP contribution in [0, 0.1) is 0 Å². The molecule has 3 nitrogen and oxygen atoms in total. The third-order valence-electron chi connectivity index (χ3n) is 1.23. The van der Waals surface area contributed by atoms with E-state index < -0.39 is 0 Å². The molecule has 0 aromatic carbocycles. The highest BCUT2D eigenvalue weighted by Crippen LogP contribution is 1.92. The minimum Gasteiger partial charge on any atom is -0.469 e. The molecule has 3 heteroatoms. The molecule has 0 saturated heterocycles. The summed E-state index contributed by atoms with van der Waals surface area (Å²) in [6.45, 7) is 0.137. The van der Waals surface area contributed by atoms with Crippen LogP contribution in [0.1, 0.15) is 19.3 Å². The smallest absolute Gasteiger partial charge is 0.305 e. The molecule has 0 spiro atoms. The molecule has 12 heavy (non-hydrogen) atoms. The molecule has 0 unspecified atom stereocenters. The fourth-order valence-electron chi connectivity index (χ4n) is 0.607. The van der Waals surface area contributed by atoms with E-state index in [1.54, 1.807) is 12.2 Å². The molecule has 1 N–H and O–H groups in total. The van der Waals surface area contributed by atoms with Gasteiger partial charge in [-0.25, -0.2) is 0 Å². The lowest BCUT2D eigenvalue weighted by Crippen LogP contribution is -1.97. The van der Waals surface area contributed by atoms with Crippen LogP contribution in [0.2, 0.25) is 0 Å². The number of carbonyl (C=O) groups excluding carboxylic acids is 1. The van der Waals surface area contributed by atoms with Crippen molar-refractivity contribution in [2.75, 3.05) is 13.7 Å². The maximum absolute atomic E-state index is 10.6. The van der Waals surface area contributed by atoms with E-state index >= 15 is 0 Å². The molecule has 0 aromatic rings. The van der Waals surface area contributed by atoms with Crippen molar-refractivity contribution in [1.82, 2.24) is 0 Å². The lowest BCUT2D eigenvalue weighted by molar-refractivity contribution is -0.140. The van der Waals surface area contributed by atoms with E-state index in [9.17, 15) is 4.79 Å². The van der Waals surface area contributed by atoms with Crippen molar-refractivity contribution in [3.63, 3.8) is 0 Å². The van der Waals surface area contributed by atoms with Crippen molar-refractivity contribution in [1.29, 1.82) is 0 Å². The van der Waals surface area contributed by atoms with Crippen molar-refractivity contribution >= 4 is 5.97 Å². The van der Waals surface area contributed by atoms with Crippen LogP contribution in [0.3, 0.4) is 0 Å². The molecular formula is C9H14O3. The Bertz CT molecular complexity index is 178. The van der Waals surface area contributed by atoms with Crippen LogP contribution in [0.25, 0.3) is 0 Å². The zero-order chi connectivity index (χ0) is 9.23. The van der Waals surface area contributed by atoms with Gasteiger partial charge in [0.05, 0.1) is 7.11 Å². The Labute approximate surface area is 72.3 Å². The number of aliphatic hydroxyl groups is 1. The number of hydrogen-bond donors (Lipinski definition) is 1. The number of carbonyl (C=O) groups is 1. The summed E-state index contributed by atoms with van der Waals surface area (Å²) in [6, 6.07) is 0. The van der Waals surface area contributed by atoms with Gasteiger partial charge in [-0.1, -0.05) is 0 Å². The summed E-state index contributed by atoms with van der Waals surface area (Å²) < 4.78 is 4.44. The van der Waals surface area contributed by atoms with Gasteiger partial charge >= 0.3 is 5.97 Å². The maximum Gasteiger partial charge on any atom is 0.305 e. The molecule has 0 aliphatic rings. The van der Waals surface area contributed by atoms with Gasteiger partial charge in [-0.05, 0) is 25.0 Å². The average molecular weight is 170 g/mol. The van der Waals surface area contributed by atoms with Gasteiger partial charge in [-0.3, -0.25) is 4.79 Å². The van der Waals surface area contributed by atoms with E-state index in [4.69, 9.17) is 5.11 Å². The molecule has 0 radical (unpaired) electrons. The largest absolute Gasteiger partial charge is 0.469 e. The highest BCUT2D eigenvalue weighted by molar-refractivity contribution is 5.69. The Hall–Kier alpha value is -1.05. The Morgan fingerprint density at radius 3 is 2.75 bits per heavy atom. The first-order chi connectivity index (χ1) is 5.81. The first-order valence-corrected chi connectivity index (χ1v) is 3.88. The fraction of sp³-hybridized carbons (Fsp3) is 0.556. The predicted molar refractivity (Wildman–Crippen MR) is 45.6 cm³/mol. The molecule has 0 saturated carbocycles. The molecule has 68 valence electrons. The molecular weight excluding hydrogens is 156 g/mol. The summed E-state index contributed by atoms with van der Waals surface area (Å²) in [6.07, 6.45) is 5.11. The minimum atomic E-state index is -0.213. The van der Waals surface area contributed by atoms with Gasteiger partial charge in [0.2, 0.25) is 0 Å². The number of methoxy groups -OCH3 is 1. The third-order valence-corrected chi connectivity index (χ3v) is 1.23. The highest BCUT2D eigenvalue weighted by Gasteiger charge is 1.94. The summed E-state index contributed by atoms with van der Waals surface area (Å²) in [5.41, 5.74) is 2.85. The summed E-state index contributed by atoms with van der Waals surface area (Å²) in [5.74, 6) is -0.213. The molecule has 0 aliphatic carbocycles. The minimum absolute atomic E-state index is 0.137. The standard InChI is InChI=1S/C9H14O3/c1-12-9(11)7-5-3-2-4-6-8-10/h3-4,10H,5-8H2,1H3. The molecule has 0 rings (SSSR count). The molecule has 0 amide bonds. The van der Waals surface area contributed by atoms with Crippen molar-refractivity contribution < 1.29 is 14.6 Å². The lowest BCUT2D eigenvalue weighted by atomic mass is 10.3. The second-order valence-electron chi connectivity index (χ2n) is 2.20. The van der Waals surface area contributed by atoms with Crippen molar-refractivity contribution in [2.24, 2.45) is 0 Å². The Morgan fingerprint density at radius 1 is 1.50 bits per heavy atom. The van der Waals surface area contributed by atoms with Gasteiger partial charge in [0.25, 0.3) is 0 Å². The maximum atomic E-state index is 10.6. The fourth-order valence-corrected chi connectivity index (χ4v) is 0.607. The first kappa shape index (κ1) is 11.0. The van der Waals surface area contributed by atoms with E-state index in [2.05, 4.69) is 10.5 Å². The van der Waals surface area contributed by atoms with Crippen molar-refractivity contribution in [3.05, 3.63) is 17.9 Å². The van der Waals surface area contributed by atoms with E-state index in [1.807, 2.05) is 0 Å². The van der Waals surface area contributed by atoms with E-state index in [0.717, 1.165) is 0 Å². The molecule has 0 aromatic heterocycles. The van der Waals surface area contributed by atoms with Gasteiger partial charge < -0.3 is 9.84 Å². The Balaban J connectivity index is 3.41. The second kappa shape index (κ2) is 8.05. The number of aliphatic hydroxyl groups excluding tert-OH is 1. The van der Waals surface area contributed by atoms with Crippen LogP contribution in [-0.2, 0) is 9.53 Å². The second-order valence-corrected chi connectivity index (χ2v) is 2.20. The van der Waals surface area contributed by atoms with Crippen molar-refractivity contribution in [3.8, 4) is 0 Å². The Morgan fingerprint density at radius 2 is 2.17 bits per heavy atom. The van der Waals surface area contributed by atoms with Gasteiger partial charge in [0, 0.05) is 13.0 Å². The van der Waals surface area contributed by atoms with Crippen LogP contribution in [0.15, 0.2) is 17.9 Å². The first-order valence-electron chi connectivity index (χ1n) is 3.88. The van der Waals surface area contributed by atoms with Gasteiger partial charge in [-0.15, -0.1) is 5.73 Å². The normalized spacial score (nSPS) is 8.50. The third kappa shape index (κ3) is 7.06. The molecule has 0 bridgehead atoms. The average Bonchev–Trinajstić information content (AvgIpc) is 2.10. The zero-order valence-corrected chi connectivity index (χ0v) is 7.25. The monoisotopic (exact) mass is 170 g/mol. The SMILES string of the molecule is COC(=O)CCC=C=CCCO. The molecule has 0 aliphatic heterocycles. The van der Waals surface area contributed by atoms with Gasteiger partial charge in [-0.2, -0.15) is 0 Å². The number of ether oxygens (including phenoxy) is 1. The number of hydrogen-bond acceptors (Lipinski definition) is 3. The van der Waals surface area contributed by atoms with E-state index in [0.29, 0.717) is 19.3 Å².